The quantitative estimate of drug-likeness (QED) is 0.520. The van der Waals surface area contributed by atoms with Gasteiger partial charge < -0.3 is 5.32 Å². The van der Waals surface area contributed by atoms with Crippen LogP contribution in [0.1, 0.15) is 6.92 Å². The number of halogens is 1. The fourth-order valence-corrected chi connectivity index (χ4v) is 1.20. The number of carbonyl (C=O) groups is 1. The molecule has 7 heteroatoms. The largest absolute Gasteiger partial charge is 0.354 e. The maximum atomic E-state index is 10.9. The van der Waals surface area contributed by atoms with E-state index in [-0.39, 0.29) is 17.3 Å². The van der Waals surface area contributed by atoms with Crippen LogP contribution in [0.5, 0.6) is 0 Å². The van der Waals surface area contributed by atoms with Crippen LogP contribution in [0.4, 0.5) is 0 Å². The lowest BCUT2D eigenvalue weighted by molar-refractivity contribution is -0.120. The van der Waals surface area contributed by atoms with E-state index in [4.69, 9.17) is 0 Å². The Labute approximate surface area is 86.5 Å². The second-order valence-electron chi connectivity index (χ2n) is 2.57. The fourth-order valence-electron chi connectivity index (χ4n) is 0.563. The summed E-state index contributed by atoms with van der Waals surface area (Å²) in [5.41, 5.74) is 0. The Morgan fingerprint density at radius 2 is 2.00 bits per heavy atom. The number of rotatable bonds is 5. The summed E-state index contributed by atoms with van der Waals surface area (Å²) in [5.74, 6) is -0.157. The van der Waals surface area contributed by atoms with Gasteiger partial charge in [-0.3, -0.25) is 4.79 Å². The number of amides is 1. The van der Waals surface area contributed by atoms with Crippen molar-refractivity contribution in [2.45, 2.75) is 11.8 Å². The van der Waals surface area contributed by atoms with E-state index in [0.29, 0.717) is 6.54 Å². The van der Waals surface area contributed by atoms with Crippen LogP contribution >= 0.6 is 15.9 Å². The molecule has 2 N–H and O–H groups in total. The van der Waals surface area contributed by atoms with Crippen molar-refractivity contribution in [2.24, 2.45) is 0 Å². The highest BCUT2D eigenvalue weighted by atomic mass is 79.9. The molecule has 0 aromatic carbocycles. The van der Waals surface area contributed by atoms with E-state index in [0.717, 1.165) is 6.26 Å². The SMILES string of the molecule is CC(Br)C(=O)NCCNS(C)(=O)=O. The minimum atomic E-state index is -3.16. The van der Waals surface area contributed by atoms with Gasteiger partial charge in [0.2, 0.25) is 15.9 Å². The summed E-state index contributed by atoms with van der Waals surface area (Å²) in [4.78, 5) is 10.7. The average molecular weight is 273 g/mol. The average Bonchev–Trinajstić information content (AvgIpc) is 1.95. The zero-order valence-electron chi connectivity index (χ0n) is 7.50. The van der Waals surface area contributed by atoms with Crippen LogP contribution in [-0.4, -0.2) is 38.5 Å². The maximum absolute atomic E-state index is 10.9. The minimum absolute atomic E-state index is 0.157. The second kappa shape index (κ2) is 5.56. The summed E-state index contributed by atoms with van der Waals surface area (Å²) in [6, 6.07) is 0. The van der Waals surface area contributed by atoms with Gasteiger partial charge in [0.1, 0.15) is 0 Å². The lowest BCUT2D eigenvalue weighted by atomic mass is 10.4. The third-order valence-corrected chi connectivity index (χ3v) is 2.29. The van der Waals surface area contributed by atoms with E-state index < -0.39 is 10.0 Å². The van der Waals surface area contributed by atoms with Gasteiger partial charge in [-0.15, -0.1) is 0 Å². The molecular formula is C6H13BrN2O3S. The first-order valence-corrected chi connectivity index (χ1v) is 6.50. The molecule has 1 amide bonds. The lowest BCUT2D eigenvalue weighted by Gasteiger charge is -2.06. The van der Waals surface area contributed by atoms with Crippen LogP contribution in [0.2, 0.25) is 0 Å². The molecule has 0 fully saturated rings. The summed E-state index contributed by atoms with van der Waals surface area (Å²) in [6.07, 6.45) is 1.07. The van der Waals surface area contributed by atoms with Gasteiger partial charge in [0.25, 0.3) is 0 Å². The van der Waals surface area contributed by atoms with E-state index in [2.05, 4.69) is 26.0 Å². The van der Waals surface area contributed by atoms with Crippen molar-refractivity contribution >= 4 is 31.9 Å². The van der Waals surface area contributed by atoms with Gasteiger partial charge in [0.15, 0.2) is 0 Å². The number of hydrogen-bond acceptors (Lipinski definition) is 3. The van der Waals surface area contributed by atoms with Gasteiger partial charge in [-0.1, -0.05) is 15.9 Å². The molecule has 0 aromatic rings. The normalized spacial score (nSPS) is 13.8. The zero-order chi connectivity index (χ0) is 10.5. The van der Waals surface area contributed by atoms with Gasteiger partial charge in [0, 0.05) is 13.1 Å². The summed E-state index contributed by atoms with van der Waals surface area (Å²) in [6.45, 7) is 2.20. The Morgan fingerprint density at radius 1 is 1.46 bits per heavy atom. The summed E-state index contributed by atoms with van der Waals surface area (Å²) in [7, 11) is -3.16. The highest BCUT2D eigenvalue weighted by Crippen LogP contribution is 1.95. The Morgan fingerprint density at radius 3 is 2.38 bits per heavy atom. The van der Waals surface area contributed by atoms with Crippen LogP contribution in [0.25, 0.3) is 0 Å². The van der Waals surface area contributed by atoms with Crippen molar-refractivity contribution in [3.63, 3.8) is 0 Å². The number of nitrogens with one attached hydrogen (secondary N) is 2. The molecule has 78 valence electrons. The molecule has 0 saturated heterocycles. The van der Waals surface area contributed by atoms with Crippen molar-refractivity contribution < 1.29 is 13.2 Å². The first-order chi connectivity index (χ1) is 5.83. The topological polar surface area (TPSA) is 75.3 Å². The van der Waals surface area contributed by atoms with E-state index >= 15 is 0 Å². The molecule has 5 nitrogen and oxygen atoms in total. The number of sulfonamides is 1. The first kappa shape index (κ1) is 12.9. The lowest BCUT2D eigenvalue weighted by Crippen LogP contribution is -2.36. The van der Waals surface area contributed by atoms with Gasteiger partial charge in [-0.2, -0.15) is 0 Å². The van der Waals surface area contributed by atoms with Crippen LogP contribution in [0.15, 0.2) is 0 Å². The Hall–Kier alpha value is -0.140. The molecular weight excluding hydrogens is 260 g/mol. The van der Waals surface area contributed by atoms with Gasteiger partial charge in [0.05, 0.1) is 11.1 Å². The highest BCUT2D eigenvalue weighted by molar-refractivity contribution is 9.10. The molecule has 1 atom stereocenters. The number of hydrogen-bond donors (Lipinski definition) is 2. The van der Waals surface area contributed by atoms with Crippen molar-refractivity contribution in [3.8, 4) is 0 Å². The van der Waals surface area contributed by atoms with E-state index in [9.17, 15) is 13.2 Å². The Balaban J connectivity index is 3.53. The van der Waals surface area contributed by atoms with Crippen molar-refractivity contribution in [1.82, 2.24) is 10.0 Å². The summed E-state index contributed by atoms with van der Waals surface area (Å²) < 4.78 is 23.4. The van der Waals surface area contributed by atoms with Crippen molar-refractivity contribution in [2.75, 3.05) is 19.3 Å². The van der Waals surface area contributed by atoms with Crippen LogP contribution < -0.4 is 10.0 Å². The standard InChI is InChI=1S/C6H13BrN2O3S/c1-5(7)6(10)8-3-4-9-13(2,11)12/h5,9H,3-4H2,1-2H3,(H,8,10). The molecule has 0 saturated carbocycles. The number of carbonyl (C=O) groups excluding carboxylic acids is 1. The highest BCUT2D eigenvalue weighted by Gasteiger charge is 2.07. The molecule has 0 aliphatic heterocycles. The molecule has 0 bridgehead atoms. The molecule has 0 radical (unpaired) electrons. The summed E-state index contributed by atoms with van der Waals surface area (Å²) >= 11 is 3.08. The Bertz CT molecular complexity index is 263. The van der Waals surface area contributed by atoms with Crippen LogP contribution in [-0.2, 0) is 14.8 Å². The smallest absolute Gasteiger partial charge is 0.233 e. The van der Waals surface area contributed by atoms with Gasteiger partial charge >= 0.3 is 0 Å². The Kier molecular flexibility index (Phi) is 5.50. The van der Waals surface area contributed by atoms with Crippen molar-refractivity contribution in [3.05, 3.63) is 0 Å². The van der Waals surface area contributed by atoms with E-state index in [1.54, 1.807) is 6.92 Å². The zero-order valence-corrected chi connectivity index (χ0v) is 9.91. The predicted octanol–water partition coefficient (Wildman–Crippen LogP) is -0.565. The predicted molar refractivity (Wildman–Crippen MR) is 54.2 cm³/mol. The monoisotopic (exact) mass is 272 g/mol. The molecule has 13 heavy (non-hydrogen) atoms. The third kappa shape index (κ3) is 8.20. The molecule has 0 heterocycles. The minimum Gasteiger partial charge on any atom is -0.354 e. The van der Waals surface area contributed by atoms with Crippen LogP contribution in [0, 0.1) is 0 Å². The fraction of sp³-hybridized carbons (Fsp3) is 0.833. The maximum Gasteiger partial charge on any atom is 0.233 e. The molecule has 0 spiro atoms. The molecule has 0 aliphatic rings. The molecule has 0 rings (SSSR count). The third-order valence-electron chi connectivity index (χ3n) is 1.15. The van der Waals surface area contributed by atoms with E-state index in [1.807, 2.05) is 0 Å². The molecule has 1 unspecified atom stereocenters. The molecule has 0 aromatic heterocycles. The second-order valence-corrected chi connectivity index (χ2v) is 5.78. The van der Waals surface area contributed by atoms with Gasteiger partial charge in [-0.05, 0) is 6.92 Å². The summed E-state index contributed by atoms with van der Waals surface area (Å²) in [5, 5.41) is 2.54. The molecule has 0 aliphatic carbocycles. The van der Waals surface area contributed by atoms with Crippen LogP contribution in [0.3, 0.4) is 0 Å². The van der Waals surface area contributed by atoms with Crippen molar-refractivity contribution in [1.29, 1.82) is 0 Å². The van der Waals surface area contributed by atoms with Gasteiger partial charge in [-0.25, -0.2) is 13.1 Å². The van der Waals surface area contributed by atoms with E-state index in [1.165, 1.54) is 0 Å². The first-order valence-electron chi connectivity index (χ1n) is 3.69. The number of alkyl halides is 1.